The topological polar surface area (TPSA) is 124 Å². The molecule has 164 valence electrons. The zero-order valence-corrected chi connectivity index (χ0v) is 17.7. The first-order valence-corrected chi connectivity index (χ1v) is 11.1. The predicted molar refractivity (Wildman–Crippen MR) is 125 cm³/mol. The monoisotopic (exact) mass is 490 g/mol. The van der Waals surface area contributed by atoms with E-state index in [0.717, 1.165) is 5.56 Å². The van der Waals surface area contributed by atoms with Crippen LogP contribution in [0.25, 0.3) is 11.0 Å². The molecule has 0 unspecified atom stereocenters. The first-order chi connectivity index (χ1) is 15.2. The van der Waals surface area contributed by atoms with Crippen molar-refractivity contribution < 1.29 is 18.1 Å². The third-order valence-electron chi connectivity index (χ3n) is 4.97. The number of nitrogens with one attached hydrogen (secondary N) is 1. The van der Waals surface area contributed by atoms with Crippen molar-refractivity contribution in [3.8, 4) is 0 Å². The van der Waals surface area contributed by atoms with E-state index in [-0.39, 0.29) is 67.5 Å². The van der Waals surface area contributed by atoms with E-state index >= 15 is 0 Å². The van der Waals surface area contributed by atoms with Crippen molar-refractivity contribution in [3.63, 3.8) is 0 Å². The van der Waals surface area contributed by atoms with Crippen molar-refractivity contribution in [1.29, 1.82) is 0 Å². The number of hydrogen-bond acceptors (Lipinski definition) is 6. The number of benzene rings is 3. The van der Waals surface area contributed by atoms with Crippen LogP contribution in [0.2, 0.25) is 0 Å². The van der Waals surface area contributed by atoms with Gasteiger partial charge in [0.1, 0.15) is 5.82 Å². The van der Waals surface area contributed by atoms with Crippen molar-refractivity contribution >= 4 is 84.0 Å². The van der Waals surface area contributed by atoms with E-state index in [1.54, 1.807) is 42.5 Å². The van der Waals surface area contributed by atoms with Crippen LogP contribution in [0, 0.1) is 17.0 Å². The zero-order chi connectivity index (χ0) is 22.9. The first kappa shape index (κ1) is 25.2. The van der Waals surface area contributed by atoms with Gasteiger partial charge in [-0.25, -0.2) is 18.1 Å². The summed E-state index contributed by atoms with van der Waals surface area (Å²) in [5, 5.41) is 10.9. The predicted octanol–water partition coefficient (Wildman–Crippen LogP) is 2.77. The Labute approximate surface area is 232 Å². The molecule has 0 spiro atoms. The number of amides is 1. The molecule has 0 saturated heterocycles. The Morgan fingerprint density at radius 3 is 2.36 bits per heavy atom. The molecule has 1 heterocycles. The van der Waals surface area contributed by atoms with Crippen LogP contribution in [0.3, 0.4) is 0 Å². The molecule has 0 bridgehead atoms. The third kappa shape index (κ3) is 5.57. The number of carbonyl (C=O) groups is 1. The number of sulfonamides is 1. The molecular weight excluding hydrogens is 471 g/mol. The summed E-state index contributed by atoms with van der Waals surface area (Å²) in [6.07, 6.45) is 0. The number of hydrogen-bond donors (Lipinski definition) is 1. The number of imidazole rings is 1. The Kier molecular flexibility index (Phi) is 7.83. The summed E-state index contributed by atoms with van der Waals surface area (Å²) in [6.45, 7) is 2.19. The summed E-state index contributed by atoms with van der Waals surface area (Å²) < 4.78 is 28.9. The molecule has 33 heavy (non-hydrogen) atoms. The third-order valence-corrected chi connectivity index (χ3v) is 6.32. The van der Waals surface area contributed by atoms with Gasteiger partial charge in [0, 0.05) is 24.2 Å². The molecule has 0 aliphatic carbocycles. The van der Waals surface area contributed by atoms with Crippen molar-refractivity contribution in [1.82, 2.24) is 14.3 Å². The number of aryl methyl sites for hydroxylation is 1. The Morgan fingerprint density at radius 2 is 1.73 bits per heavy atom. The molecule has 1 aromatic heterocycles. The molecule has 0 fully saturated rings. The van der Waals surface area contributed by atoms with Crippen LogP contribution in [0.1, 0.15) is 21.7 Å². The molecule has 4 aromatic rings. The van der Waals surface area contributed by atoms with Gasteiger partial charge in [-0.3, -0.25) is 14.9 Å². The fourth-order valence-electron chi connectivity index (χ4n) is 3.33. The molecule has 0 atom stereocenters. The van der Waals surface area contributed by atoms with Gasteiger partial charge in [-0.05, 0) is 42.8 Å². The van der Waals surface area contributed by atoms with Crippen molar-refractivity contribution in [2.24, 2.45) is 0 Å². The maximum atomic E-state index is 12.7. The van der Waals surface area contributed by atoms with E-state index in [1.807, 2.05) is 11.5 Å². The van der Waals surface area contributed by atoms with Gasteiger partial charge in [-0.15, -0.1) is 0 Å². The van der Waals surface area contributed by atoms with E-state index < -0.39 is 20.9 Å². The van der Waals surface area contributed by atoms with Gasteiger partial charge in [-0.2, -0.15) is 0 Å². The summed E-state index contributed by atoms with van der Waals surface area (Å²) in [5.74, 6) is -0.0655. The molecule has 4 rings (SSSR count). The Hall–Kier alpha value is -2.41. The summed E-state index contributed by atoms with van der Waals surface area (Å²) in [7, 11) is -4.00. The van der Waals surface area contributed by atoms with E-state index in [9.17, 15) is 23.3 Å². The number of nitro groups is 1. The van der Waals surface area contributed by atoms with Crippen LogP contribution >= 0.6 is 0 Å². The molecule has 1 N–H and O–H groups in total. The summed E-state index contributed by atoms with van der Waals surface area (Å²) in [5.41, 5.74) is 2.28. The van der Waals surface area contributed by atoms with Crippen molar-refractivity contribution in [2.75, 3.05) is 0 Å². The molecule has 0 aliphatic heterocycles. The number of nitro benzene ring substituents is 1. The van der Waals surface area contributed by atoms with Gasteiger partial charge >= 0.3 is 51.4 Å². The van der Waals surface area contributed by atoms with Gasteiger partial charge in [0.15, 0.2) is 0 Å². The minimum atomic E-state index is -4.00. The summed E-state index contributed by atoms with van der Waals surface area (Å²) in [6, 6.07) is 18.6. The number of rotatable bonds is 6. The Bertz CT molecular complexity index is 1440. The standard InChI is InChI=1S/C22H18N4O5S.K.H/c1-15-23-20-12-9-17(22(27)24-32(30,31)19-5-3-2-4-6-19)13-21(20)25(15)14-16-7-10-18(11-8-16)26(28)29;;/h2-13H,14H2,1H3,(H,24,27);;. The van der Waals surface area contributed by atoms with Gasteiger partial charge in [0.25, 0.3) is 21.6 Å². The number of nitrogens with zero attached hydrogens (tertiary/aromatic N) is 3. The first-order valence-electron chi connectivity index (χ1n) is 9.57. The summed E-state index contributed by atoms with van der Waals surface area (Å²) >= 11 is 0. The quantitative estimate of drug-likeness (QED) is 0.252. The molecule has 9 nitrogen and oxygen atoms in total. The fraction of sp³-hybridized carbons (Fsp3) is 0.0909. The van der Waals surface area contributed by atoms with Gasteiger partial charge in [0.2, 0.25) is 0 Å². The molecular formula is C22H19KN4O5S. The molecule has 0 saturated carbocycles. The van der Waals surface area contributed by atoms with Gasteiger partial charge in [0.05, 0.1) is 20.9 Å². The Balaban J connectivity index is 0.00000306. The van der Waals surface area contributed by atoms with Crippen LogP contribution in [-0.4, -0.2) is 80.2 Å². The number of aromatic nitrogens is 2. The van der Waals surface area contributed by atoms with E-state index in [2.05, 4.69) is 9.71 Å². The van der Waals surface area contributed by atoms with Gasteiger partial charge < -0.3 is 4.57 Å². The normalized spacial score (nSPS) is 11.1. The number of fused-ring (bicyclic) bond motifs is 1. The molecule has 1 amide bonds. The number of non-ortho nitro benzene ring substituents is 1. The van der Waals surface area contributed by atoms with Crippen LogP contribution in [0.15, 0.2) is 77.7 Å². The van der Waals surface area contributed by atoms with Crippen LogP contribution in [0.5, 0.6) is 0 Å². The average Bonchev–Trinajstić information content (AvgIpc) is 3.08. The van der Waals surface area contributed by atoms with E-state index in [0.29, 0.717) is 23.4 Å². The molecule has 3 aromatic carbocycles. The van der Waals surface area contributed by atoms with E-state index in [1.165, 1.54) is 30.3 Å². The second kappa shape index (κ2) is 10.2. The number of carbonyl (C=O) groups excluding carboxylic acids is 1. The van der Waals surface area contributed by atoms with E-state index in [4.69, 9.17) is 0 Å². The summed E-state index contributed by atoms with van der Waals surface area (Å²) in [4.78, 5) is 27.5. The van der Waals surface area contributed by atoms with Crippen LogP contribution in [0.4, 0.5) is 5.69 Å². The second-order valence-corrected chi connectivity index (χ2v) is 8.80. The maximum absolute atomic E-state index is 12.7. The molecule has 0 radical (unpaired) electrons. The average molecular weight is 491 g/mol. The van der Waals surface area contributed by atoms with Crippen LogP contribution in [-0.2, 0) is 16.6 Å². The van der Waals surface area contributed by atoms with Gasteiger partial charge in [-0.1, -0.05) is 30.3 Å². The zero-order valence-electron chi connectivity index (χ0n) is 16.9. The minimum absolute atomic E-state index is 0. The molecule has 0 aliphatic rings. The fourth-order valence-corrected chi connectivity index (χ4v) is 4.32. The SMILES string of the molecule is Cc1nc2ccc(C(=O)NS(=O)(=O)c3ccccc3)cc2n1Cc1ccc([N+](=O)[O-])cc1.[KH]. The Morgan fingerprint density at radius 1 is 1.06 bits per heavy atom. The molecule has 11 heteroatoms. The van der Waals surface area contributed by atoms with Crippen LogP contribution < -0.4 is 4.72 Å². The van der Waals surface area contributed by atoms with Crippen molar-refractivity contribution in [2.45, 2.75) is 18.4 Å². The van der Waals surface area contributed by atoms with Crippen molar-refractivity contribution in [3.05, 3.63) is 99.9 Å². The second-order valence-electron chi connectivity index (χ2n) is 7.12.